The van der Waals surface area contributed by atoms with E-state index in [9.17, 15) is 78.8 Å². The van der Waals surface area contributed by atoms with Gasteiger partial charge in [0.1, 0.15) is 22.4 Å². The molecule has 40 heteroatoms. The summed E-state index contributed by atoms with van der Waals surface area (Å²) in [6.07, 6.45) is -5.63. The number of halogens is 8. The van der Waals surface area contributed by atoms with Crippen LogP contribution in [-0.4, -0.2) is 122 Å². The Morgan fingerprint density at radius 2 is 0.700 bits per heavy atom. The van der Waals surface area contributed by atoms with E-state index in [1.165, 1.54) is 173 Å². The summed E-state index contributed by atoms with van der Waals surface area (Å²) in [5.74, 6) is -7.07. The molecule has 32 nitrogen and oxygen atoms in total. The van der Waals surface area contributed by atoms with Gasteiger partial charge in [-0.25, -0.2) is 38.4 Å². The van der Waals surface area contributed by atoms with E-state index in [-0.39, 0.29) is 169 Å². The fraction of sp³-hybridized carbons (Fsp3) is 0.200. The van der Waals surface area contributed by atoms with E-state index in [0.29, 0.717) is 5.02 Å². The highest BCUT2D eigenvalue weighted by Gasteiger charge is 2.37. The number of methoxy groups -OCH3 is 3. The van der Waals surface area contributed by atoms with E-state index < -0.39 is 98.5 Å². The van der Waals surface area contributed by atoms with Gasteiger partial charge in [-0.2, -0.15) is 0 Å². The highest BCUT2D eigenvalue weighted by molar-refractivity contribution is 6.39. The van der Waals surface area contributed by atoms with Gasteiger partial charge >= 0.3 is 47.8 Å². The van der Waals surface area contributed by atoms with Crippen molar-refractivity contribution in [1.29, 1.82) is 0 Å². The van der Waals surface area contributed by atoms with E-state index in [1.807, 2.05) is 0 Å². The number of carbonyl (C=O) groups is 8. The van der Waals surface area contributed by atoms with Gasteiger partial charge in [-0.1, -0.05) is 156 Å². The monoisotopic (exact) mass is 1810 g/mol. The van der Waals surface area contributed by atoms with Crippen LogP contribution in [-0.2, 0) is 61.9 Å². The van der Waals surface area contributed by atoms with Crippen LogP contribution in [0.4, 0.5) is 22.7 Å². The molecule has 0 saturated carbocycles. The first-order valence-electron chi connectivity index (χ1n) is 34.2. The molecule has 0 spiro atoms. The Kier molecular flexibility index (Phi) is 38.7. The number of non-ortho nitro benzene ring substituents is 2. The number of carbonyl (C=O) groups excluding carboxylic acids is 8. The standard InChI is InChI=1S/4C20H17Cl2NO7/c1-4-29-19(24)11(2)17(12-5-7-13(8-6-12)23(26)27)30-20(25)16-14(21)9-10-15(22)18(16)28-3;1-4-29-19(24)11(2)17(12-6-5-7-13(10-12)23(26)27)30-20(25)16-14(21)8-9-15(22)18(16)28-3;1-4-29-19(24)11(2)17(12-7-5-6-8-15(12)23(26)27)30-20(25)16-13(21)9-10-14(22)18(16)28-3;1-3-28-20(25)12(2)19(14-6-4-5-7-16(14)23(26)27)30-18(24)11-29-17-9-8-13(21)10-15(17)22/h3*5-10,17H,2,4H2,1,3H3;4-10,19H,2-3,11H2,1H3. The third-order valence-electron chi connectivity index (χ3n) is 15.6. The normalized spacial score (nSPS) is 11.3. The van der Waals surface area contributed by atoms with Crippen LogP contribution >= 0.6 is 92.8 Å². The predicted octanol–water partition coefficient (Wildman–Crippen LogP) is 19.5. The van der Waals surface area contributed by atoms with Crippen LogP contribution in [0.5, 0.6) is 23.0 Å². The zero-order valence-electron chi connectivity index (χ0n) is 63.9. The number of ether oxygens (including phenoxy) is 12. The molecule has 120 heavy (non-hydrogen) atoms. The van der Waals surface area contributed by atoms with Crippen LogP contribution in [0.1, 0.15) is 105 Å². The van der Waals surface area contributed by atoms with E-state index in [0.717, 1.165) is 0 Å². The Morgan fingerprint density at radius 3 is 1.05 bits per heavy atom. The number of rotatable bonds is 33. The second kappa shape index (κ2) is 47.3. The maximum Gasteiger partial charge on any atom is 0.345 e. The van der Waals surface area contributed by atoms with Crippen molar-refractivity contribution in [3.63, 3.8) is 0 Å². The van der Waals surface area contributed by atoms with Crippen molar-refractivity contribution in [1.82, 2.24) is 0 Å². The summed E-state index contributed by atoms with van der Waals surface area (Å²) >= 11 is 48.3. The number of nitro benzene ring substituents is 4. The number of nitrogens with zero attached hydrogens (tertiary/aromatic N) is 4. The predicted molar refractivity (Wildman–Crippen MR) is 440 cm³/mol. The second-order valence-corrected chi connectivity index (χ2v) is 26.5. The first-order valence-corrected chi connectivity index (χ1v) is 37.3. The summed E-state index contributed by atoms with van der Waals surface area (Å²) in [4.78, 5) is 142. The van der Waals surface area contributed by atoms with Crippen molar-refractivity contribution >= 4 is 163 Å². The zero-order valence-corrected chi connectivity index (χ0v) is 69.9. The summed E-state index contributed by atoms with van der Waals surface area (Å²) in [6, 6.07) is 34.3. The van der Waals surface area contributed by atoms with E-state index >= 15 is 0 Å². The summed E-state index contributed by atoms with van der Waals surface area (Å²) in [5.41, 5.74) is -2.34. The Morgan fingerprint density at radius 1 is 0.358 bits per heavy atom. The number of para-hydroxylation sites is 2. The van der Waals surface area contributed by atoms with Crippen molar-refractivity contribution in [2.24, 2.45) is 0 Å². The van der Waals surface area contributed by atoms with Gasteiger partial charge in [0.2, 0.25) is 0 Å². The lowest BCUT2D eigenvalue weighted by Gasteiger charge is -2.21. The summed E-state index contributed by atoms with van der Waals surface area (Å²) < 4.78 is 62.1. The molecule has 8 aromatic rings. The fourth-order valence-corrected chi connectivity index (χ4v) is 12.0. The highest BCUT2D eigenvalue weighted by Crippen LogP contribution is 2.43. The van der Waals surface area contributed by atoms with Crippen molar-refractivity contribution < 1.29 is 115 Å². The van der Waals surface area contributed by atoms with Crippen molar-refractivity contribution in [2.75, 3.05) is 54.4 Å². The lowest BCUT2D eigenvalue weighted by Crippen LogP contribution is -2.23. The molecule has 0 heterocycles. The number of hydrogen-bond donors (Lipinski definition) is 0. The lowest BCUT2D eigenvalue weighted by atomic mass is 10.0. The summed E-state index contributed by atoms with van der Waals surface area (Å²) in [6.45, 7) is 20.5. The van der Waals surface area contributed by atoms with Gasteiger partial charge in [0.15, 0.2) is 48.3 Å². The van der Waals surface area contributed by atoms with Gasteiger partial charge in [0, 0.05) is 47.0 Å². The average Bonchev–Trinajstić information content (AvgIpc) is 0.816. The highest BCUT2D eigenvalue weighted by atomic mass is 35.5. The Labute approximate surface area is 722 Å². The van der Waals surface area contributed by atoms with E-state index in [2.05, 4.69) is 26.3 Å². The smallest absolute Gasteiger partial charge is 0.345 e. The first-order chi connectivity index (χ1) is 56.9. The molecule has 4 atom stereocenters. The number of esters is 8. The van der Waals surface area contributed by atoms with Crippen molar-refractivity contribution in [3.05, 3.63) is 320 Å². The maximum absolute atomic E-state index is 12.9. The average molecular weight is 1820 g/mol. The molecular weight excluding hydrogens is 1750 g/mol. The van der Waals surface area contributed by atoms with Gasteiger partial charge in [0.25, 0.3) is 22.7 Å². The van der Waals surface area contributed by atoms with Gasteiger partial charge < -0.3 is 56.8 Å². The van der Waals surface area contributed by atoms with Crippen molar-refractivity contribution in [3.8, 4) is 23.0 Å². The molecule has 0 aromatic heterocycles. The maximum atomic E-state index is 12.9. The van der Waals surface area contributed by atoms with Gasteiger partial charge in [0.05, 0.1) is 136 Å². The molecule has 0 fully saturated rings. The molecular formula is C80H68Cl8N4O28. The minimum absolute atomic E-state index is 0.000731. The topological polar surface area (TPSA) is 420 Å². The number of hydrogen-bond acceptors (Lipinski definition) is 28. The third-order valence-corrected chi connectivity index (χ3v) is 18.0. The van der Waals surface area contributed by atoms with Gasteiger partial charge in [-0.3, -0.25) is 40.5 Å². The Bertz CT molecular complexity index is 5260. The SMILES string of the molecule is C=C(C(=O)OCC)C(OC(=O)COc1ccc(Cl)cc1Cl)c1ccccc1[N+](=O)[O-].C=C(C(=O)OCC)C(OC(=O)c1c(Cl)ccc(Cl)c1OC)c1ccc([N+](=O)[O-])cc1.C=C(C(=O)OCC)C(OC(=O)c1c(Cl)ccc(Cl)c1OC)c1cccc([N+](=O)[O-])c1.C=C(C(=O)OCC)C(OC(=O)c1c(Cl)ccc(Cl)c1OC)c1ccccc1[N+](=O)[O-]. The van der Waals surface area contributed by atoms with Crippen LogP contribution in [0.2, 0.25) is 40.2 Å². The van der Waals surface area contributed by atoms with Gasteiger partial charge in [-0.05, 0) is 112 Å². The molecule has 0 N–H and O–H groups in total. The van der Waals surface area contributed by atoms with E-state index in [1.54, 1.807) is 27.7 Å². The fourth-order valence-electron chi connectivity index (χ4n) is 10.1. The molecule has 0 saturated heterocycles. The quantitative estimate of drug-likeness (QED) is 0.0121. The van der Waals surface area contributed by atoms with Crippen molar-refractivity contribution in [2.45, 2.75) is 52.1 Å². The first kappa shape index (κ1) is 98.2. The minimum atomic E-state index is -1.52. The second-order valence-electron chi connectivity index (χ2n) is 23.2. The molecule has 4 unspecified atom stereocenters. The van der Waals surface area contributed by atoms with Crippen LogP contribution in [0, 0.1) is 40.5 Å². The molecule has 0 bridgehead atoms. The number of nitro groups is 4. The number of benzene rings is 8. The molecule has 632 valence electrons. The molecule has 8 aromatic carbocycles. The molecule has 0 amide bonds. The Balaban J connectivity index is 0.000000285. The van der Waals surface area contributed by atoms with Crippen LogP contribution in [0.15, 0.2) is 200 Å². The molecule has 8 rings (SSSR count). The molecule has 0 aliphatic carbocycles. The molecule has 0 radical (unpaired) electrons. The minimum Gasteiger partial charge on any atom is -0.494 e. The third kappa shape index (κ3) is 26.6. The van der Waals surface area contributed by atoms with Crippen LogP contribution in [0.25, 0.3) is 0 Å². The van der Waals surface area contributed by atoms with Crippen LogP contribution in [0.3, 0.4) is 0 Å². The Hall–Kier alpha value is -12.4. The molecule has 0 aliphatic rings. The van der Waals surface area contributed by atoms with Gasteiger partial charge in [-0.15, -0.1) is 0 Å². The summed E-state index contributed by atoms with van der Waals surface area (Å²) in [5, 5.41) is 45.8. The van der Waals surface area contributed by atoms with E-state index in [4.69, 9.17) is 150 Å². The summed E-state index contributed by atoms with van der Waals surface area (Å²) in [7, 11) is 3.88. The largest absolute Gasteiger partial charge is 0.494 e. The lowest BCUT2D eigenvalue weighted by molar-refractivity contribution is -0.386. The zero-order chi connectivity index (χ0) is 89.5. The molecule has 0 aliphatic heterocycles. The van der Waals surface area contributed by atoms with Crippen LogP contribution < -0.4 is 18.9 Å².